The van der Waals surface area contributed by atoms with Crippen LogP contribution in [-0.2, 0) is 4.79 Å². The van der Waals surface area contributed by atoms with Gasteiger partial charge in [-0.15, -0.1) is 11.8 Å². The first-order valence-corrected chi connectivity index (χ1v) is 8.77. The minimum absolute atomic E-state index is 0.0148. The van der Waals surface area contributed by atoms with Gasteiger partial charge in [0.05, 0.1) is 0 Å². The Balaban J connectivity index is 2.32. The number of hydrogen-bond acceptors (Lipinski definition) is 3. The highest BCUT2D eigenvalue weighted by Gasteiger charge is 2.50. The molecule has 0 N–H and O–H groups in total. The molecule has 3 nitrogen and oxygen atoms in total. The van der Waals surface area contributed by atoms with Gasteiger partial charge in [0.15, 0.2) is 0 Å². The molecule has 0 aromatic carbocycles. The molecule has 20 heavy (non-hydrogen) atoms. The molecular weight excluding hydrogens is 268 g/mol. The molecule has 2 aliphatic heterocycles. The third-order valence-corrected chi connectivity index (χ3v) is 5.86. The Kier molecular flexibility index (Phi) is 4.20. The van der Waals surface area contributed by atoms with E-state index in [0.29, 0.717) is 12.3 Å². The molecular formula is C16H30N2OS. The van der Waals surface area contributed by atoms with Crippen LogP contribution in [0.1, 0.15) is 60.8 Å². The lowest BCUT2D eigenvalue weighted by molar-refractivity contribution is -0.144. The van der Waals surface area contributed by atoms with Gasteiger partial charge in [-0.2, -0.15) is 0 Å². The van der Waals surface area contributed by atoms with E-state index < -0.39 is 0 Å². The summed E-state index contributed by atoms with van der Waals surface area (Å²) in [6.07, 6.45) is 3.01. The lowest BCUT2D eigenvalue weighted by atomic mass is 9.92. The van der Waals surface area contributed by atoms with Crippen molar-refractivity contribution in [1.29, 1.82) is 0 Å². The van der Waals surface area contributed by atoms with Crippen LogP contribution < -0.4 is 0 Å². The largest absolute Gasteiger partial charge is 0.322 e. The number of piperidine rings is 1. The van der Waals surface area contributed by atoms with Crippen molar-refractivity contribution in [3.63, 3.8) is 0 Å². The summed E-state index contributed by atoms with van der Waals surface area (Å²) in [6.45, 7) is 15.5. The number of carbonyl (C=O) groups excluding carboxylic acids is 1. The predicted octanol–water partition coefficient (Wildman–Crippen LogP) is 3.34. The number of hydrogen-bond donors (Lipinski definition) is 0. The number of carbonyl (C=O) groups is 1. The summed E-state index contributed by atoms with van der Waals surface area (Å²) >= 11 is 2.01. The molecule has 2 fully saturated rings. The van der Waals surface area contributed by atoms with Gasteiger partial charge >= 0.3 is 0 Å². The molecule has 2 heterocycles. The minimum Gasteiger partial charge on any atom is -0.322 e. The summed E-state index contributed by atoms with van der Waals surface area (Å²) in [6, 6.07) is 0. The lowest BCUT2D eigenvalue weighted by Crippen LogP contribution is -2.67. The van der Waals surface area contributed by atoms with Gasteiger partial charge < -0.3 is 4.90 Å². The molecule has 4 heteroatoms. The predicted molar refractivity (Wildman–Crippen MR) is 87.0 cm³/mol. The third-order valence-electron chi connectivity index (χ3n) is 4.40. The monoisotopic (exact) mass is 298 g/mol. The zero-order valence-electron chi connectivity index (χ0n) is 14.0. The second-order valence-corrected chi connectivity index (χ2v) is 9.60. The van der Waals surface area contributed by atoms with Gasteiger partial charge in [-0.1, -0.05) is 0 Å². The van der Waals surface area contributed by atoms with E-state index >= 15 is 0 Å². The van der Waals surface area contributed by atoms with Crippen molar-refractivity contribution in [2.75, 3.05) is 18.8 Å². The Bertz CT molecular complexity index is 379. The fourth-order valence-electron chi connectivity index (χ4n) is 3.59. The van der Waals surface area contributed by atoms with Crippen LogP contribution in [0.15, 0.2) is 0 Å². The van der Waals surface area contributed by atoms with E-state index in [2.05, 4.69) is 51.3 Å². The van der Waals surface area contributed by atoms with Crippen LogP contribution >= 0.6 is 11.8 Å². The van der Waals surface area contributed by atoms with Crippen molar-refractivity contribution in [3.8, 4) is 0 Å². The molecule has 116 valence electrons. The summed E-state index contributed by atoms with van der Waals surface area (Å²) in [4.78, 5) is 17.3. The van der Waals surface area contributed by atoms with E-state index in [1.165, 1.54) is 6.42 Å². The van der Waals surface area contributed by atoms with Crippen LogP contribution in [0.4, 0.5) is 0 Å². The molecule has 0 aromatic rings. The van der Waals surface area contributed by atoms with Gasteiger partial charge in [-0.05, 0) is 60.9 Å². The summed E-state index contributed by atoms with van der Waals surface area (Å²) < 4.78 is 0. The van der Waals surface area contributed by atoms with Crippen LogP contribution in [0.5, 0.6) is 0 Å². The second-order valence-electron chi connectivity index (χ2n) is 8.14. The highest BCUT2D eigenvalue weighted by molar-refractivity contribution is 8.00. The SMILES string of the molecule is CC(C)(C)N1CCCC2(C1)SCCC(=O)N2C(C)(C)C. The fourth-order valence-corrected chi connectivity index (χ4v) is 5.29. The van der Waals surface area contributed by atoms with E-state index in [4.69, 9.17) is 0 Å². The summed E-state index contributed by atoms with van der Waals surface area (Å²) in [5, 5.41) is 0. The maximum atomic E-state index is 12.6. The van der Waals surface area contributed by atoms with Gasteiger partial charge in [-0.25, -0.2) is 0 Å². The second kappa shape index (κ2) is 5.20. The zero-order valence-corrected chi connectivity index (χ0v) is 14.8. The Hall–Kier alpha value is -0.220. The molecule has 1 unspecified atom stereocenters. The number of likely N-dealkylation sites (tertiary alicyclic amines) is 1. The number of rotatable bonds is 0. The lowest BCUT2D eigenvalue weighted by Gasteiger charge is -2.57. The standard InChI is InChI=1S/C16H30N2OS/c1-14(2,3)17-10-7-9-16(12-17)18(15(4,5)6)13(19)8-11-20-16/h7-12H2,1-6H3. The number of amides is 1. The summed E-state index contributed by atoms with van der Waals surface area (Å²) in [7, 11) is 0. The molecule has 2 saturated heterocycles. The van der Waals surface area contributed by atoms with E-state index in [9.17, 15) is 4.79 Å². The topological polar surface area (TPSA) is 23.6 Å². The molecule has 1 amide bonds. The van der Waals surface area contributed by atoms with Gasteiger partial charge in [0.25, 0.3) is 0 Å². The Morgan fingerprint density at radius 3 is 2.30 bits per heavy atom. The number of nitrogens with zero attached hydrogens (tertiary/aromatic N) is 2. The van der Waals surface area contributed by atoms with Gasteiger partial charge in [0.2, 0.25) is 5.91 Å². The summed E-state index contributed by atoms with van der Waals surface area (Å²) in [5.41, 5.74) is 0.0867. The van der Waals surface area contributed by atoms with E-state index in [0.717, 1.165) is 25.3 Å². The Labute approximate surface area is 128 Å². The van der Waals surface area contributed by atoms with E-state index in [-0.39, 0.29) is 15.9 Å². The molecule has 0 saturated carbocycles. The Morgan fingerprint density at radius 2 is 1.75 bits per heavy atom. The first-order valence-electron chi connectivity index (χ1n) is 7.78. The molecule has 1 spiro atoms. The van der Waals surface area contributed by atoms with Crippen molar-refractivity contribution < 1.29 is 4.79 Å². The Morgan fingerprint density at radius 1 is 1.10 bits per heavy atom. The zero-order chi connectivity index (χ0) is 15.2. The summed E-state index contributed by atoms with van der Waals surface area (Å²) in [5.74, 6) is 1.32. The van der Waals surface area contributed by atoms with Gasteiger partial charge in [0.1, 0.15) is 4.87 Å². The van der Waals surface area contributed by atoms with Crippen molar-refractivity contribution >= 4 is 17.7 Å². The first kappa shape index (κ1) is 16.2. The quantitative estimate of drug-likeness (QED) is 0.685. The third kappa shape index (κ3) is 3.01. The van der Waals surface area contributed by atoms with Gasteiger partial charge in [-0.3, -0.25) is 9.69 Å². The minimum atomic E-state index is -0.0919. The molecule has 0 aromatic heterocycles. The smallest absolute Gasteiger partial charge is 0.224 e. The van der Waals surface area contributed by atoms with E-state index in [1.54, 1.807) is 0 Å². The van der Waals surface area contributed by atoms with Crippen LogP contribution in [0.25, 0.3) is 0 Å². The maximum absolute atomic E-state index is 12.6. The number of thioether (sulfide) groups is 1. The highest BCUT2D eigenvalue weighted by atomic mass is 32.2. The van der Waals surface area contributed by atoms with Crippen LogP contribution in [-0.4, -0.2) is 50.5 Å². The van der Waals surface area contributed by atoms with Crippen molar-refractivity contribution in [2.24, 2.45) is 0 Å². The van der Waals surface area contributed by atoms with Crippen molar-refractivity contribution in [2.45, 2.75) is 76.8 Å². The van der Waals surface area contributed by atoms with Crippen LogP contribution in [0.3, 0.4) is 0 Å². The average Bonchev–Trinajstić information content (AvgIpc) is 2.25. The molecule has 0 radical (unpaired) electrons. The van der Waals surface area contributed by atoms with Crippen LogP contribution in [0.2, 0.25) is 0 Å². The molecule has 0 aliphatic carbocycles. The van der Waals surface area contributed by atoms with Crippen LogP contribution in [0, 0.1) is 0 Å². The molecule has 2 aliphatic rings. The molecule has 1 atom stereocenters. The fraction of sp³-hybridized carbons (Fsp3) is 0.938. The first-order chi connectivity index (χ1) is 9.06. The van der Waals surface area contributed by atoms with Crippen molar-refractivity contribution in [1.82, 2.24) is 9.80 Å². The average molecular weight is 298 g/mol. The van der Waals surface area contributed by atoms with Crippen molar-refractivity contribution in [3.05, 3.63) is 0 Å². The molecule has 0 bridgehead atoms. The van der Waals surface area contributed by atoms with Gasteiger partial charge in [0, 0.05) is 29.8 Å². The van der Waals surface area contributed by atoms with E-state index in [1.807, 2.05) is 11.8 Å². The maximum Gasteiger partial charge on any atom is 0.224 e. The molecule has 2 rings (SSSR count). The normalized spacial score (nSPS) is 30.1. The highest BCUT2D eigenvalue weighted by Crippen LogP contribution is 2.46.